The standard InChI is InChI=1S/C18H21F2N5O3S/c19-15-5-4-14(11-16(15)20)29(27,28)23-9-6-17(26)24-13-3-1-10-25(12-13)18-21-7-2-8-22-18/h2,4-5,7-8,11,13,23H,1,3,6,9-10,12H2,(H,24,26). The molecule has 0 bridgehead atoms. The summed E-state index contributed by atoms with van der Waals surface area (Å²) in [6, 6.07) is 3.93. The average Bonchev–Trinajstić information content (AvgIpc) is 2.70. The topological polar surface area (TPSA) is 104 Å². The number of aromatic nitrogens is 2. The van der Waals surface area contributed by atoms with E-state index in [2.05, 4.69) is 20.0 Å². The molecule has 0 radical (unpaired) electrons. The Morgan fingerprint density at radius 2 is 1.97 bits per heavy atom. The highest BCUT2D eigenvalue weighted by Gasteiger charge is 2.23. The summed E-state index contributed by atoms with van der Waals surface area (Å²) in [5.41, 5.74) is 0. The van der Waals surface area contributed by atoms with Crippen LogP contribution in [0, 0.1) is 11.6 Å². The first kappa shape index (κ1) is 21.1. The van der Waals surface area contributed by atoms with E-state index in [1.165, 1.54) is 0 Å². The number of hydrogen-bond donors (Lipinski definition) is 2. The maximum absolute atomic E-state index is 13.2. The van der Waals surface area contributed by atoms with Crippen LogP contribution in [0.2, 0.25) is 0 Å². The van der Waals surface area contributed by atoms with E-state index in [9.17, 15) is 22.0 Å². The minimum atomic E-state index is -4.03. The van der Waals surface area contributed by atoms with E-state index in [1.807, 2.05) is 4.90 Å². The Labute approximate surface area is 167 Å². The van der Waals surface area contributed by atoms with Gasteiger partial charge >= 0.3 is 0 Å². The van der Waals surface area contributed by atoms with E-state index >= 15 is 0 Å². The highest BCUT2D eigenvalue weighted by molar-refractivity contribution is 7.89. The molecule has 1 unspecified atom stereocenters. The quantitative estimate of drug-likeness (QED) is 0.691. The lowest BCUT2D eigenvalue weighted by atomic mass is 10.1. The van der Waals surface area contributed by atoms with Gasteiger partial charge in [0.1, 0.15) is 0 Å². The lowest BCUT2D eigenvalue weighted by Crippen LogP contribution is -2.48. The van der Waals surface area contributed by atoms with Gasteiger partial charge in [-0.05, 0) is 37.1 Å². The number of nitrogens with zero attached hydrogens (tertiary/aromatic N) is 3. The molecule has 1 fully saturated rings. The van der Waals surface area contributed by atoms with Crippen LogP contribution in [0.15, 0.2) is 41.6 Å². The van der Waals surface area contributed by atoms with Crippen molar-refractivity contribution in [3.05, 3.63) is 48.3 Å². The second kappa shape index (κ2) is 9.23. The molecule has 2 aromatic rings. The fraction of sp³-hybridized carbons (Fsp3) is 0.389. The normalized spacial score (nSPS) is 17.2. The maximum Gasteiger partial charge on any atom is 0.240 e. The van der Waals surface area contributed by atoms with Crippen LogP contribution in [0.5, 0.6) is 0 Å². The van der Waals surface area contributed by atoms with Gasteiger partial charge in [0.2, 0.25) is 21.9 Å². The van der Waals surface area contributed by atoms with Crippen LogP contribution in [0.3, 0.4) is 0 Å². The lowest BCUT2D eigenvalue weighted by molar-refractivity contribution is -0.121. The van der Waals surface area contributed by atoms with Crippen LogP contribution in [0.1, 0.15) is 19.3 Å². The highest BCUT2D eigenvalue weighted by atomic mass is 32.2. The van der Waals surface area contributed by atoms with Gasteiger partial charge in [-0.2, -0.15) is 0 Å². The Bertz CT molecular complexity index is 959. The number of nitrogens with one attached hydrogen (secondary N) is 2. The van der Waals surface area contributed by atoms with E-state index in [-0.39, 0.29) is 24.9 Å². The van der Waals surface area contributed by atoms with E-state index in [4.69, 9.17) is 0 Å². The Balaban J connectivity index is 1.47. The third-order valence-corrected chi connectivity index (χ3v) is 5.93. The third kappa shape index (κ3) is 5.67. The molecular formula is C18H21F2N5O3S. The van der Waals surface area contributed by atoms with Crippen molar-refractivity contribution in [1.82, 2.24) is 20.0 Å². The van der Waals surface area contributed by atoms with E-state index in [1.54, 1.807) is 18.5 Å². The number of hydrogen-bond acceptors (Lipinski definition) is 6. The molecule has 1 saturated heterocycles. The Kier molecular flexibility index (Phi) is 6.70. The molecule has 8 nitrogen and oxygen atoms in total. The molecule has 0 saturated carbocycles. The summed E-state index contributed by atoms with van der Waals surface area (Å²) in [5.74, 6) is -2.09. The number of anilines is 1. The molecule has 1 aromatic heterocycles. The van der Waals surface area contributed by atoms with Crippen molar-refractivity contribution in [3.63, 3.8) is 0 Å². The molecule has 1 atom stereocenters. The zero-order valence-corrected chi connectivity index (χ0v) is 16.3. The first-order valence-corrected chi connectivity index (χ1v) is 10.6. The van der Waals surface area contributed by atoms with Gasteiger partial charge in [-0.15, -0.1) is 0 Å². The molecule has 1 aliphatic rings. The molecule has 0 spiro atoms. The van der Waals surface area contributed by atoms with Crippen molar-refractivity contribution in [3.8, 4) is 0 Å². The van der Waals surface area contributed by atoms with Crippen LogP contribution >= 0.6 is 0 Å². The molecule has 29 heavy (non-hydrogen) atoms. The van der Waals surface area contributed by atoms with Crippen LogP contribution < -0.4 is 14.9 Å². The molecule has 2 heterocycles. The molecule has 1 aromatic carbocycles. The summed E-state index contributed by atoms with van der Waals surface area (Å²) in [6.07, 6.45) is 4.90. The van der Waals surface area contributed by atoms with Gasteiger partial charge in [0.15, 0.2) is 11.6 Å². The minimum Gasteiger partial charge on any atom is -0.352 e. The van der Waals surface area contributed by atoms with Crippen LogP contribution in [-0.2, 0) is 14.8 Å². The van der Waals surface area contributed by atoms with Crippen molar-refractivity contribution < 1.29 is 22.0 Å². The predicted molar refractivity (Wildman–Crippen MR) is 102 cm³/mol. The molecule has 11 heteroatoms. The van der Waals surface area contributed by atoms with Gasteiger partial charge in [-0.25, -0.2) is 31.9 Å². The van der Waals surface area contributed by atoms with Gasteiger partial charge in [0.25, 0.3) is 0 Å². The van der Waals surface area contributed by atoms with Crippen LogP contribution in [-0.4, -0.2) is 50.0 Å². The Morgan fingerprint density at radius 1 is 1.21 bits per heavy atom. The lowest BCUT2D eigenvalue weighted by Gasteiger charge is -2.33. The second-order valence-electron chi connectivity index (χ2n) is 6.63. The predicted octanol–water partition coefficient (Wildman–Crippen LogP) is 1.21. The number of amides is 1. The molecule has 156 valence electrons. The number of benzene rings is 1. The van der Waals surface area contributed by atoms with Crippen molar-refractivity contribution >= 4 is 21.9 Å². The van der Waals surface area contributed by atoms with Crippen LogP contribution in [0.4, 0.5) is 14.7 Å². The van der Waals surface area contributed by atoms with E-state index < -0.39 is 26.6 Å². The van der Waals surface area contributed by atoms with Gasteiger partial charge in [-0.1, -0.05) is 0 Å². The summed E-state index contributed by atoms with van der Waals surface area (Å²) in [6.45, 7) is 1.20. The Hall–Kier alpha value is -2.66. The van der Waals surface area contributed by atoms with Gasteiger partial charge in [-0.3, -0.25) is 4.79 Å². The van der Waals surface area contributed by atoms with Crippen molar-refractivity contribution in [2.24, 2.45) is 0 Å². The number of carbonyl (C=O) groups is 1. The molecular weight excluding hydrogens is 404 g/mol. The molecule has 1 amide bonds. The summed E-state index contributed by atoms with van der Waals surface area (Å²) < 4.78 is 52.6. The molecule has 3 rings (SSSR count). The Morgan fingerprint density at radius 3 is 2.69 bits per heavy atom. The first-order valence-electron chi connectivity index (χ1n) is 9.11. The fourth-order valence-corrected chi connectivity index (χ4v) is 4.10. The number of sulfonamides is 1. The number of rotatable bonds is 7. The van der Waals surface area contributed by atoms with Crippen molar-refractivity contribution in [2.75, 3.05) is 24.5 Å². The zero-order valence-electron chi connectivity index (χ0n) is 15.5. The number of piperidine rings is 1. The number of carbonyl (C=O) groups excluding carboxylic acids is 1. The molecule has 1 aliphatic heterocycles. The van der Waals surface area contributed by atoms with Crippen molar-refractivity contribution in [2.45, 2.75) is 30.2 Å². The van der Waals surface area contributed by atoms with Crippen LogP contribution in [0.25, 0.3) is 0 Å². The molecule has 0 aliphatic carbocycles. The maximum atomic E-state index is 13.2. The summed E-state index contributed by atoms with van der Waals surface area (Å²) in [7, 11) is -4.03. The summed E-state index contributed by atoms with van der Waals surface area (Å²) in [5, 5.41) is 2.88. The highest BCUT2D eigenvalue weighted by Crippen LogP contribution is 2.16. The summed E-state index contributed by atoms with van der Waals surface area (Å²) >= 11 is 0. The van der Waals surface area contributed by atoms with Crippen molar-refractivity contribution in [1.29, 1.82) is 0 Å². The van der Waals surface area contributed by atoms with Gasteiger partial charge in [0, 0.05) is 44.5 Å². The zero-order chi connectivity index (χ0) is 20.9. The SMILES string of the molecule is O=C(CCNS(=O)(=O)c1ccc(F)c(F)c1)NC1CCCN(c2ncccn2)C1. The van der Waals surface area contributed by atoms with Gasteiger partial charge < -0.3 is 10.2 Å². The van der Waals surface area contributed by atoms with Gasteiger partial charge in [0.05, 0.1) is 4.90 Å². The van der Waals surface area contributed by atoms with E-state index in [0.717, 1.165) is 31.5 Å². The average molecular weight is 425 g/mol. The monoisotopic (exact) mass is 425 g/mol. The first-order chi connectivity index (χ1) is 13.8. The number of halogens is 2. The van der Waals surface area contributed by atoms with E-state index in [0.29, 0.717) is 18.6 Å². The summed E-state index contributed by atoms with van der Waals surface area (Å²) in [4.78, 5) is 22.2. The molecule has 2 N–H and O–H groups in total. The second-order valence-corrected chi connectivity index (χ2v) is 8.39. The third-order valence-electron chi connectivity index (χ3n) is 4.47. The minimum absolute atomic E-state index is 0.0821. The smallest absolute Gasteiger partial charge is 0.240 e. The largest absolute Gasteiger partial charge is 0.352 e. The fourth-order valence-electron chi connectivity index (χ4n) is 3.06.